The third kappa shape index (κ3) is 1.38. The molecule has 0 aliphatic rings. The molecule has 6 rings (SSSR count). The highest BCUT2D eigenvalue weighted by atomic mass is 16.3. The second-order valence-electron chi connectivity index (χ2n) is 6.01. The summed E-state index contributed by atoms with van der Waals surface area (Å²) in [6.07, 6.45) is 7.55. The van der Waals surface area contributed by atoms with Crippen LogP contribution in [0.3, 0.4) is 0 Å². The van der Waals surface area contributed by atoms with Gasteiger partial charge >= 0.3 is 0 Å². The molecule has 2 aromatic carbocycles. The van der Waals surface area contributed by atoms with Gasteiger partial charge in [0.05, 0.1) is 5.52 Å². The van der Waals surface area contributed by atoms with Crippen molar-refractivity contribution in [3.8, 4) is 0 Å². The number of para-hydroxylation sites is 1. The second-order valence-corrected chi connectivity index (χ2v) is 6.01. The predicted molar refractivity (Wildman–Crippen MR) is 95.3 cm³/mol. The summed E-state index contributed by atoms with van der Waals surface area (Å²) >= 11 is 0. The summed E-state index contributed by atoms with van der Waals surface area (Å²) in [6, 6.07) is 14.5. The van der Waals surface area contributed by atoms with Crippen molar-refractivity contribution in [1.82, 2.24) is 14.4 Å². The summed E-state index contributed by atoms with van der Waals surface area (Å²) in [4.78, 5) is 8.85. The van der Waals surface area contributed by atoms with Crippen molar-refractivity contribution in [2.24, 2.45) is 0 Å². The van der Waals surface area contributed by atoms with Crippen LogP contribution in [0.1, 0.15) is 0 Å². The van der Waals surface area contributed by atoms with Gasteiger partial charge in [0, 0.05) is 57.8 Å². The summed E-state index contributed by atoms with van der Waals surface area (Å²) in [7, 11) is 0. The molecule has 0 amide bonds. The lowest BCUT2D eigenvalue weighted by Gasteiger charge is -2.07. The standard InChI is InChI=1S/C20H11N3O/c1-2-4-18-12(3-1)15-9-14-16-11-21-6-5-13(16)20-22-7-8-23(20)17(14)10-19(15)24-18/h1-11H. The van der Waals surface area contributed by atoms with E-state index in [4.69, 9.17) is 4.42 Å². The highest BCUT2D eigenvalue weighted by Gasteiger charge is 2.13. The molecular formula is C20H11N3O. The van der Waals surface area contributed by atoms with Gasteiger partial charge in [-0.25, -0.2) is 4.98 Å². The van der Waals surface area contributed by atoms with Gasteiger partial charge in [-0.05, 0) is 18.2 Å². The highest BCUT2D eigenvalue weighted by Crippen LogP contribution is 2.35. The first kappa shape index (κ1) is 12.1. The minimum Gasteiger partial charge on any atom is -0.456 e. The average Bonchev–Trinajstić information content (AvgIpc) is 3.25. The number of imidazole rings is 1. The first-order valence-electron chi connectivity index (χ1n) is 7.84. The van der Waals surface area contributed by atoms with Crippen LogP contribution in [0, 0.1) is 0 Å². The number of pyridine rings is 2. The number of nitrogens with zero attached hydrogens (tertiary/aromatic N) is 3. The van der Waals surface area contributed by atoms with Gasteiger partial charge in [0.25, 0.3) is 0 Å². The normalized spacial score (nSPS) is 12.2. The van der Waals surface area contributed by atoms with Gasteiger partial charge < -0.3 is 4.42 Å². The Morgan fingerprint density at radius 2 is 1.75 bits per heavy atom. The van der Waals surface area contributed by atoms with Gasteiger partial charge in [0.15, 0.2) is 0 Å². The van der Waals surface area contributed by atoms with E-state index >= 15 is 0 Å². The molecule has 0 bridgehead atoms. The summed E-state index contributed by atoms with van der Waals surface area (Å²) in [6.45, 7) is 0. The Morgan fingerprint density at radius 1 is 0.792 bits per heavy atom. The smallest absolute Gasteiger partial charge is 0.145 e. The molecule has 0 saturated carbocycles. The Labute approximate surface area is 136 Å². The molecule has 0 saturated heterocycles. The van der Waals surface area contributed by atoms with E-state index in [1.807, 2.05) is 49.1 Å². The number of hydrogen-bond donors (Lipinski definition) is 0. The van der Waals surface area contributed by atoms with Gasteiger partial charge in [0.1, 0.15) is 16.8 Å². The molecule has 6 aromatic rings. The lowest BCUT2D eigenvalue weighted by Crippen LogP contribution is -1.91. The molecule has 0 fully saturated rings. The molecule has 0 aliphatic heterocycles. The van der Waals surface area contributed by atoms with Crippen LogP contribution in [-0.2, 0) is 0 Å². The minimum absolute atomic E-state index is 0.891. The number of hydrogen-bond acceptors (Lipinski definition) is 3. The second kappa shape index (κ2) is 4.11. The third-order valence-electron chi connectivity index (χ3n) is 4.75. The van der Waals surface area contributed by atoms with Crippen LogP contribution in [0.25, 0.3) is 49.3 Å². The van der Waals surface area contributed by atoms with Crippen LogP contribution in [0.5, 0.6) is 0 Å². The van der Waals surface area contributed by atoms with Gasteiger partial charge in [-0.3, -0.25) is 9.38 Å². The maximum atomic E-state index is 6.05. The van der Waals surface area contributed by atoms with E-state index in [1.54, 1.807) is 0 Å². The molecular weight excluding hydrogens is 298 g/mol. The summed E-state index contributed by atoms with van der Waals surface area (Å²) in [5, 5.41) is 5.63. The van der Waals surface area contributed by atoms with E-state index < -0.39 is 0 Å². The molecule has 0 spiro atoms. The van der Waals surface area contributed by atoms with E-state index in [9.17, 15) is 0 Å². The summed E-state index contributed by atoms with van der Waals surface area (Å²) in [5.74, 6) is 0. The molecule has 4 heterocycles. The molecule has 0 radical (unpaired) electrons. The number of rotatable bonds is 0. The third-order valence-corrected chi connectivity index (χ3v) is 4.75. The van der Waals surface area contributed by atoms with Crippen LogP contribution < -0.4 is 0 Å². The fourth-order valence-electron chi connectivity index (χ4n) is 3.68. The van der Waals surface area contributed by atoms with E-state index in [0.29, 0.717) is 0 Å². The SMILES string of the molecule is c1ccc2c(c1)oc1cc3c(cc12)c1cnccc1c1nccn31. The van der Waals surface area contributed by atoms with E-state index in [-0.39, 0.29) is 0 Å². The van der Waals surface area contributed by atoms with Gasteiger partial charge in [-0.15, -0.1) is 0 Å². The quantitative estimate of drug-likeness (QED) is 0.373. The lowest BCUT2D eigenvalue weighted by molar-refractivity contribution is 0.669. The van der Waals surface area contributed by atoms with Gasteiger partial charge in [-0.1, -0.05) is 18.2 Å². The number of fused-ring (bicyclic) bond motifs is 9. The molecule has 0 aliphatic carbocycles. The van der Waals surface area contributed by atoms with Crippen LogP contribution in [0.4, 0.5) is 0 Å². The van der Waals surface area contributed by atoms with Gasteiger partial charge in [0.2, 0.25) is 0 Å². The lowest BCUT2D eigenvalue weighted by atomic mass is 10.0. The topological polar surface area (TPSA) is 43.3 Å². The van der Waals surface area contributed by atoms with Crippen LogP contribution >= 0.6 is 0 Å². The predicted octanol–water partition coefficient (Wildman–Crippen LogP) is 4.94. The van der Waals surface area contributed by atoms with Crippen LogP contribution in [0.15, 0.2) is 71.7 Å². The molecule has 4 heteroatoms. The summed E-state index contributed by atoms with van der Waals surface area (Å²) in [5.41, 5.74) is 3.82. The maximum absolute atomic E-state index is 6.05. The maximum Gasteiger partial charge on any atom is 0.145 e. The van der Waals surface area contributed by atoms with E-state index in [0.717, 1.165) is 49.3 Å². The van der Waals surface area contributed by atoms with Crippen molar-refractivity contribution in [2.75, 3.05) is 0 Å². The number of furan rings is 1. The zero-order valence-electron chi connectivity index (χ0n) is 12.6. The van der Waals surface area contributed by atoms with Crippen LogP contribution in [0.2, 0.25) is 0 Å². The first-order chi connectivity index (χ1) is 11.9. The molecule has 0 unspecified atom stereocenters. The molecule has 4 nitrogen and oxygen atoms in total. The Hall–Kier alpha value is -3.40. The average molecular weight is 309 g/mol. The fraction of sp³-hybridized carbons (Fsp3) is 0. The highest BCUT2D eigenvalue weighted by molar-refractivity contribution is 6.17. The Balaban J connectivity index is 1.97. The van der Waals surface area contributed by atoms with Crippen molar-refractivity contribution in [2.45, 2.75) is 0 Å². The van der Waals surface area contributed by atoms with E-state index in [2.05, 4.69) is 32.6 Å². The van der Waals surface area contributed by atoms with Crippen molar-refractivity contribution >= 4 is 49.3 Å². The van der Waals surface area contributed by atoms with Crippen molar-refractivity contribution in [3.05, 3.63) is 67.3 Å². The number of aromatic nitrogens is 3. The molecule has 0 atom stereocenters. The zero-order valence-corrected chi connectivity index (χ0v) is 12.6. The Bertz CT molecular complexity index is 1410. The first-order valence-corrected chi connectivity index (χ1v) is 7.84. The molecule has 4 aromatic heterocycles. The zero-order chi connectivity index (χ0) is 15.7. The molecule has 0 N–H and O–H groups in total. The Morgan fingerprint density at radius 3 is 2.75 bits per heavy atom. The monoisotopic (exact) mass is 309 g/mol. The number of benzene rings is 2. The van der Waals surface area contributed by atoms with Gasteiger partial charge in [-0.2, -0.15) is 0 Å². The van der Waals surface area contributed by atoms with Crippen molar-refractivity contribution in [1.29, 1.82) is 0 Å². The molecule has 24 heavy (non-hydrogen) atoms. The fourth-order valence-corrected chi connectivity index (χ4v) is 3.68. The van der Waals surface area contributed by atoms with Crippen molar-refractivity contribution in [3.63, 3.8) is 0 Å². The van der Waals surface area contributed by atoms with Crippen molar-refractivity contribution < 1.29 is 4.42 Å². The van der Waals surface area contributed by atoms with E-state index in [1.165, 1.54) is 0 Å². The van der Waals surface area contributed by atoms with Crippen LogP contribution in [-0.4, -0.2) is 14.4 Å². The summed E-state index contributed by atoms with van der Waals surface area (Å²) < 4.78 is 8.16. The largest absolute Gasteiger partial charge is 0.456 e. The molecule has 112 valence electrons. The minimum atomic E-state index is 0.891. The Kier molecular flexibility index (Phi) is 2.07.